The lowest BCUT2D eigenvalue weighted by atomic mass is 9.89. The zero-order valence-corrected chi connectivity index (χ0v) is 22.3. The molecule has 0 bridgehead atoms. The van der Waals surface area contributed by atoms with E-state index in [-0.39, 0.29) is 17.0 Å². The topological polar surface area (TPSA) is 142 Å². The molecule has 0 atom stereocenters. The summed E-state index contributed by atoms with van der Waals surface area (Å²) in [6.45, 7) is 4.57. The van der Waals surface area contributed by atoms with Gasteiger partial charge in [-0.1, -0.05) is 35.9 Å². The second-order valence-corrected chi connectivity index (χ2v) is 9.41. The normalized spacial score (nSPS) is 10.9. The van der Waals surface area contributed by atoms with Crippen molar-refractivity contribution < 1.29 is 19.5 Å². The van der Waals surface area contributed by atoms with Crippen LogP contribution in [0.25, 0.3) is 22.0 Å². The molecule has 1 heterocycles. The van der Waals surface area contributed by atoms with E-state index >= 15 is 0 Å². The van der Waals surface area contributed by atoms with Gasteiger partial charge < -0.3 is 20.7 Å². The fraction of sp³-hybridized carbons (Fsp3) is 0.200. The zero-order valence-electron chi connectivity index (χ0n) is 22.3. The Hall–Kier alpha value is -4.92. The van der Waals surface area contributed by atoms with Gasteiger partial charge >= 0.3 is 12.0 Å². The molecule has 0 aliphatic rings. The predicted molar refractivity (Wildman–Crippen MR) is 152 cm³/mol. The van der Waals surface area contributed by atoms with Gasteiger partial charge in [0.05, 0.1) is 5.56 Å². The first kappa shape index (κ1) is 27.1. The Kier molecular flexibility index (Phi) is 7.53. The van der Waals surface area contributed by atoms with E-state index < -0.39 is 17.9 Å². The fourth-order valence-electron chi connectivity index (χ4n) is 4.78. The van der Waals surface area contributed by atoms with E-state index in [4.69, 9.17) is 11.1 Å². The first-order valence-electron chi connectivity index (χ1n) is 12.5. The number of urea groups is 1. The quantitative estimate of drug-likeness (QED) is 0.206. The number of nitrogen functional groups attached to an aromatic ring is 1. The summed E-state index contributed by atoms with van der Waals surface area (Å²) in [6, 6.07) is 15.4. The number of rotatable bonds is 7. The third kappa shape index (κ3) is 5.24. The Morgan fingerprint density at radius 2 is 1.72 bits per heavy atom. The number of amidine groups is 1. The van der Waals surface area contributed by atoms with Crippen molar-refractivity contribution in [3.05, 3.63) is 94.2 Å². The Balaban J connectivity index is 1.90. The third-order valence-electron chi connectivity index (χ3n) is 6.87. The van der Waals surface area contributed by atoms with Gasteiger partial charge in [0, 0.05) is 55.3 Å². The molecular formula is C30H31N5O4. The summed E-state index contributed by atoms with van der Waals surface area (Å²) in [5, 5.41) is 21.2. The molecule has 1 aromatic heterocycles. The van der Waals surface area contributed by atoms with E-state index in [1.54, 1.807) is 24.3 Å². The number of aryl methyl sites for hydroxylation is 2. The van der Waals surface area contributed by atoms with Crippen LogP contribution in [0.4, 0.5) is 4.79 Å². The van der Waals surface area contributed by atoms with Gasteiger partial charge in [-0.25, -0.2) is 9.59 Å². The molecule has 0 saturated carbocycles. The second-order valence-electron chi connectivity index (χ2n) is 9.41. The number of imide groups is 1. The minimum atomic E-state index is -1.07. The van der Waals surface area contributed by atoms with Gasteiger partial charge in [0.2, 0.25) is 0 Å². The summed E-state index contributed by atoms with van der Waals surface area (Å²) in [7, 11) is 2.83. The largest absolute Gasteiger partial charge is 0.478 e. The molecule has 0 radical (unpaired) electrons. The van der Waals surface area contributed by atoms with Gasteiger partial charge in [0.25, 0.3) is 5.91 Å². The van der Waals surface area contributed by atoms with Crippen LogP contribution in [0, 0.1) is 12.3 Å². The summed E-state index contributed by atoms with van der Waals surface area (Å²) < 4.78 is 2.08. The number of carbonyl (C=O) groups excluding carboxylic acids is 2. The number of aromatic carboxylic acids is 1. The maximum absolute atomic E-state index is 13.1. The molecule has 4 rings (SSSR count). The van der Waals surface area contributed by atoms with E-state index in [9.17, 15) is 19.5 Å². The maximum Gasteiger partial charge on any atom is 0.336 e. The average Bonchev–Trinajstić information content (AvgIpc) is 3.28. The second kappa shape index (κ2) is 10.8. The third-order valence-corrected chi connectivity index (χ3v) is 6.87. The van der Waals surface area contributed by atoms with Crippen LogP contribution >= 0.6 is 0 Å². The number of carbonyl (C=O) groups is 3. The fourth-order valence-corrected chi connectivity index (χ4v) is 4.78. The highest BCUT2D eigenvalue weighted by Crippen LogP contribution is 2.33. The predicted octanol–water partition coefficient (Wildman–Crippen LogP) is 4.62. The van der Waals surface area contributed by atoms with Crippen molar-refractivity contribution in [1.29, 1.82) is 5.41 Å². The standard InChI is InChI=1S/C30H31N5O4/c1-5-35-16-21(22-11-9-19(27(31)32)15-26(22)35)13-18-7-8-20(28(36)34(4)30(39)33-3)14-24(18)23-10-6-17(2)12-25(23)29(37)38/h6-12,14-16H,5,13H2,1-4H3,(H3,31,32)(H,33,39)(H,37,38). The Morgan fingerprint density at radius 1 is 1.00 bits per heavy atom. The minimum Gasteiger partial charge on any atom is -0.478 e. The molecule has 0 fully saturated rings. The molecule has 0 aliphatic heterocycles. The first-order valence-corrected chi connectivity index (χ1v) is 12.5. The number of aromatic nitrogens is 1. The van der Waals surface area contributed by atoms with Crippen LogP contribution < -0.4 is 11.1 Å². The molecule has 4 aromatic rings. The van der Waals surface area contributed by atoms with Crippen LogP contribution in [0.1, 0.15) is 49.9 Å². The van der Waals surface area contributed by atoms with E-state index in [1.165, 1.54) is 14.1 Å². The molecule has 9 heteroatoms. The van der Waals surface area contributed by atoms with Crippen LogP contribution in [0.2, 0.25) is 0 Å². The lowest BCUT2D eigenvalue weighted by molar-refractivity contribution is 0.0697. The zero-order chi connectivity index (χ0) is 28.4. The highest BCUT2D eigenvalue weighted by Gasteiger charge is 2.22. The molecular weight excluding hydrogens is 494 g/mol. The number of carboxylic acid groups (broad SMARTS) is 1. The van der Waals surface area contributed by atoms with Gasteiger partial charge in [-0.15, -0.1) is 0 Å². The van der Waals surface area contributed by atoms with E-state index in [0.717, 1.165) is 32.5 Å². The lowest BCUT2D eigenvalue weighted by Gasteiger charge is -2.18. The lowest BCUT2D eigenvalue weighted by Crippen LogP contribution is -2.39. The molecule has 39 heavy (non-hydrogen) atoms. The number of hydrogen-bond acceptors (Lipinski definition) is 4. The van der Waals surface area contributed by atoms with Crippen molar-refractivity contribution >= 4 is 34.6 Å². The van der Waals surface area contributed by atoms with Gasteiger partial charge in [0.1, 0.15) is 5.84 Å². The van der Waals surface area contributed by atoms with Crippen molar-refractivity contribution in [2.75, 3.05) is 14.1 Å². The minimum absolute atomic E-state index is 0.00728. The number of benzene rings is 3. The van der Waals surface area contributed by atoms with Crippen molar-refractivity contribution in [2.24, 2.45) is 5.73 Å². The Morgan fingerprint density at radius 3 is 2.36 bits per heavy atom. The summed E-state index contributed by atoms with van der Waals surface area (Å²) in [4.78, 5) is 38.4. The van der Waals surface area contributed by atoms with E-state index in [2.05, 4.69) is 9.88 Å². The molecule has 3 aromatic carbocycles. The molecule has 3 amide bonds. The molecule has 0 spiro atoms. The number of hydrogen-bond donors (Lipinski definition) is 4. The molecule has 0 aliphatic carbocycles. The van der Waals surface area contributed by atoms with E-state index in [1.807, 2.05) is 50.4 Å². The van der Waals surface area contributed by atoms with Crippen LogP contribution in [0.5, 0.6) is 0 Å². The smallest absolute Gasteiger partial charge is 0.336 e. The molecule has 0 unspecified atom stereocenters. The maximum atomic E-state index is 13.1. The van der Waals surface area contributed by atoms with Crippen LogP contribution in [-0.2, 0) is 13.0 Å². The Labute approximate surface area is 226 Å². The number of carboxylic acids is 1. The first-order chi connectivity index (χ1) is 18.5. The SMILES string of the molecule is CCn1cc(Cc2ccc(C(=O)N(C)C(=O)NC)cc2-c2ccc(C)cc2C(=O)O)c2ccc(C(=N)N)cc21. The highest BCUT2D eigenvalue weighted by atomic mass is 16.4. The number of amides is 3. The van der Waals surface area contributed by atoms with Crippen LogP contribution in [-0.4, -0.2) is 52.4 Å². The van der Waals surface area contributed by atoms with Crippen molar-refractivity contribution in [1.82, 2.24) is 14.8 Å². The summed E-state index contributed by atoms with van der Waals surface area (Å²) in [5.74, 6) is -1.59. The molecule has 9 nitrogen and oxygen atoms in total. The molecule has 200 valence electrons. The van der Waals surface area contributed by atoms with E-state index in [0.29, 0.717) is 29.7 Å². The van der Waals surface area contributed by atoms with Gasteiger partial charge in [-0.05, 0) is 60.4 Å². The summed E-state index contributed by atoms with van der Waals surface area (Å²) >= 11 is 0. The molecule has 5 N–H and O–H groups in total. The van der Waals surface area contributed by atoms with Gasteiger partial charge in [-0.3, -0.25) is 15.1 Å². The van der Waals surface area contributed by atoms with Crippen LogP contribution in [0.3, 0.4) is 0 Å². The summed E-state index contributed by atoms with van der Waals surface area (Å²) in [5.41, 5.74) is 11.4. The summed E-state index contributed by atoms with van der Waals surface area (Å²) in [6.07, 6.45) is 2.51. The average molecular weight is 526 g/mol. The van der Waals surface area contributed by atoms with Crippen LogP contribution in [0.15, 0.2) is 60.8 Å². The number of nitrogens with two attached hydrogens (primary N) is 1. The van der Waals surface area contributed by atoms with Gasteiger partial charge in [0.15, 0.2) is 0 Å². The van der Waals surface area contributed by atoms with Crippen molar-refractivity contribution in [3.63, 3.8) is 0 Å². The van der Waals surface area contributed by atoms with Crippen molar-refractivity contribution in [2.45, 2.75) is 26.8 Å². The molecule has 0 saturated heterocycles. The Bertz CT molecular complexity index is 1640. The van der Waals surface area contributed by atoms with Gasteiger partial charge in [-0.2, -0.15) is 0 Å². The van der Waals surface area contributed by atoms with Crippen molar-refractivity contribution in [3.8, 4) is 11.1 Å². The monoisotopic (exact) mass is 525 g/mol. The highest BCUT2D eigenvalue weighted by molar-refractivity contribution is 6.05. The number of fused-ring (bicyclic) bond motifs is 1. The number of nitrogens with one attached hydrogen (secondary N) is 2. The number of nitrogens with zero attached hydrogens (tertiary/aromatic N) is 2.